The van der Waals surface area contributed by atoms with E-state index in [0.29, 0.717) is 13.2 Å². The summed E-state index contributed by atoms with van der Waals surface area (Å²) in [5.74, 6) is -0.297. The Bertz CT molecular complexity index is 224. The maximum absolute atomic E-state index is 11.6. The molecule has 0 aliphatic heterocycles. The predicted molar refractivity (Wildman–Crippen MR) is 54.4 cm³/mol. The Balaban J connectivity index is 3.57. The van der Waals surface area contributed by atoms with Crippen LogP contribution in [0.3, 0.4) is 0 Å². The van der Waals surface area contributed by atoms with Crippen molar-refractivity contribution in [1.82, 2.24) is 10.6 Å². The molecule has 5 nitrogen and oxygen atoms in total. The number of carbonyl (C=O) groups is 1. The zero-order chi connectivity index (χ0) is 13.3. The summed E-state index contributed by atoms with van der Waals surface area (Å²) >= 11 is 0. The lowest BCUT2D eigenvalue weighted by molar-refractivity contribution is -0.323. The first-order valence-electron chi connectivity index (χ1n) is 5.07. The SMILES string of the molecule is COCCNC(=O)C(C)NCCOC(F)(F)F. The lowest BCUT2D eigenvalue weighted by Gasteiger charge is -2.14. The van der Waals surface area contributed by atoms with Gasteiger partial charge in [-0.15, -0.1) is 13.2 Å². The number of rotatable bonds is 8. The summed E-state index contributed by atoms with van der Waals surface area (Å²) in [6.45, 7) is 1.71. The van der Waals surface area contributed by atoms with Crippen molar-refractivity contribution in [2.75, 3.05) is 33.4 Å². The molecule has 0 aliphatic rings. The van der Waals surface area contributed by atoms with Crippen LogP contribution < -0.4 is 10.6 Å². The summed E-state index contributed by atoms with van der Waals surface area (Å²) in [4.78, 5) is 11.3. The number of methoxy groups -OCH3 is 1. The fourth-order valence-corrected chi connectivity index (χ4v) is 0.964. The van der Waals surface area contributed by atoms with Gasteiger partial charge in [0.25, 0.3) is 0 Å². The van der Waals surface area contributed by atoms with Crippen molar-refractivity contribution < 1.29 is 27.4 Å². The van der Waals surface area contributed by atoms with Crippen molar-refractivity contribution in [3.8, 4) is 0 Å². The molecule has 17 heavy (non-hydrogen) atoms. The number of ether oxygens (including phenoxy) is 2. The highest BCUT2D eigenvalue weighted by Gasteiger charge is 2.28. The van der Waals surface area contributed by atoms with Gasteiger partial charge in [-0.1, -0.05) is 0 Å². The van der Waals surface area contributed by atoms with Gasteiger partial charge in [0.1, 0.15) is 0 Å². The van der Waals surface area contributed by atoms with E-state index in [1.165, 1.54) is 7.11 Å². The summed E-state index contributed by atoms with van der Waals surface area (Å²) in [6, 6.07) is -0.580. The van der Waals surface area contributed by atoms with E-state index in [-0.39, 0.29) is 12.5 Å². The second-order valence-electron chi connectivity index (χ2n) is 3.25. The molecule has 1 amide bonds. The van der Waals surface area contributed by atoms with Crippen LogP contribution in [0.5, 0.6) is 0 Å². The topological polar surface area (TPSA) is 59.6 Å². The first kappa shape index (κ1) is 16.1. The van der Waals surface area contributed by atoms with Crippen LogP contribution >= 0.6 is 0 Å². The normalized spacial score (nSPS) is 13.5. The van der Waals surface area contributed by atoms with Gasteiger partial charge < -0.3 is 15.4 Å². The number of carbonyl (C=O) groups excluding carboxylic acids is 1. The third-order valence-electron chi connectivity index (χ3n) is 1.82. The minimum absolute atomic E-state index is 0.0572. The van der Waals surface area contributed by atoms with E-state index >= 15 is 0 Å². The van der Waals surface area contributed by atoms with Crippen molar-refractivity contribution in [3.63, 3.8) is 0 Å². The average Bonchev–Trinajstić information content (AvgIpc) is 2.23. The molecule has 1 unspecified atom stereocenters. The summed E-state index contributed by atoms with van der Waals surface area (Å²) in [5, 5.41) is 5.16. The van der Waals surface area contributed by atoms with Gasteiger partial charge >= 0.3 is 6.36 Å². The van der Waals surface area contributed by atoms with Gasteiger partial charge in [-0.2, -0.15) is 0 Å². The number of hydrogen-bond donors (Lipinski definition) is 2. The van der Waals surface area contributed by atoms with Gasteiger partial charge in [-0.3, -0.25) is 9.53 Å². The molecule has 0 aromatic rings. The van der Waals surface area contributed by atoms with Gasteiger partial charge in [0.2, 0.25) is 5.91 Å². The van der Waals surface area contributed by atoms with Crippen LogP contribution in [0.15, 0.2) is 0 Å². The van der Waals surface area contributed by atoms with E-state index < -0.39 is 19.0 Å². The van der Waals surface area contributed by atoms with E-state index in [1.807, 2.05) is 0 Å². The highest BCUT2D eigenvalue weighted by atomic mass is 19.4. The molecule has 0 saturated carbocycles. The second-order valence-corrected chi connectivity index (χ2v) is 3.25. The van der Waals surface area contributed by atoms with Crippen LogP contribution in [0.4, 0.5) is 13.2 Å². The molecule has 1 atom stereocenters. The number of hydrogen-bond acceptors (Lipinski definition) is 4. The molecule has 0 aromatic carbocycles. The maximum atomic E-state index is 11.6. The molecule has 102 valence electrons. The van der Waals surface area contributed by atoms with Crippen molar-refractivity contribution in [1.29, 1.82) is 0 Å². The Morgan fingerprint density at radius 2 is 1.94 bits per heavy atom. The first-order chi connectivity index (χ1) is 7.87. The number of alkyl halides is 3. The largest absolute Gasteiger partial charge is 0.522 e. The second kappa shape index (κ2) is 8.26. The predicted octanol–water partition coefficient (Wildman–Crippen LogP) is 0.263. The van der Waals surface area contributed by atoms with Gasteiger partial charge in [0.05, 0.1) is 19.3 Å². The Kier molecular flexibility index (Phi) is 7.85. The highest BCUT2D eigenvalue weighted by Crippen LogP contribution is 2.15. The van der Waals surface area contributed by atoms with E-state index in [4.69, 9.17) is 4.74 Å². The van der Waals surface area contributed by atoms with Crippen LogP contribution in [0.1, 0.15) is 6.92 Å². The minimum Gasteiger partial charge on any atom is -0.383 e. The number of halogens is 3. The van der Waals surface area contributed by atoms with Crippen molar-refractivity contribution >= 4 is 5.91 Å². The summed E-state index contributed by atoms with van der Waals surface area (Å²) in [6.07, 6.45) is -4.63. The number of amides is 1. The monoisotopic (exact) mass is 258 g/mol. The van der Waals surface area contributed by atoms with E-state index in [0.717, 1.165) is 0 Å². The van der Waals surface area contributed by atoms with Crippen LogP contribution in [0.25, 0.3) is 0 Å². The van der Waals surface area contributed by atoms with Gasteiger partial charge in [0.15, 0.2) is 0 Å². The van der Waals surface area contributed by atoms with Crippen LogP contribution in [0.2, 0.25) is 0 Å². The molecule has 8 heteroatoms. The van der Waals surface area contributed by atoms with Crippen molar-refractivity contribution in [2.45, 2.75) is 19.3 Å². The standard InChI is InChI=1S/C9H17F3N2O3/c1-7(8(15)14-3-5-16-2)13-4-6-17-9(10,11)12/h7,13H,3-6H2,1-2H3,(H,14,15). The molecule has 0 bridgehead atoms. The molecule has 2 N–H and O–H groups in total. The Morgan fingerprint density at radius 1 is 1.29 bits per heavy atom. The molecular formula is C9H17F3N2O3. The molecule has 0 aliphatic carbocycles. The highest BCUT2D eigenvalue weighted by molar-refractivity contribution is 5.81. The van der Waals surface area contributed by atoms with Crippen molar-refractivity contribution in [3.05, 3.63) is 0 Å². The quantitative estimate of drug-likeness (QED) is 0.613. The van der Waals surface area contributed by atoms with Gasteiger partial charge in [0, 0.05) is 20.2 Å². The summed E-state index contributed by atoms with van der Waals surface area (Å²) in [5.41, 5.74) is 0. The summed E-state index contributed by atoms with van der Waals surface area (Å²) in [7, 11) is 1.50. The Morgan fingerprint density at radius 3 is 2.47 bits per heavy atom. The maximum Gasteiger partial charge on any atom is 0.522 e. The lowest BCUT2D eigenvalue weighted by atomic mass is 10.3. The zero-order valence-corrected chi connectivity index (χ0v) is 9.76. The molecule has 0 heterocycles. The van der Waals surface area contributed by atoms with Crippen molar-refractivity contribution in [2.24, 2.45) is 0 Å². The Hall–Kier alpha value is -0.860. The number of nitrogens with one attached hydrogen (secondary N) is 2. The third-order valence-corrected chi connectivity index (χ3v) is 1.82. The third kappa shape index (κ3) is 10.0. The van der Waals surface area contributed by atoms with Crippen LogP contribution in [-0.4, -0.2) is 51.7 Å². The molecular weight excluding hydrogens is 241 g/mol. The van der Waals surface area contributed by atoms with Gasteiger partial charge in [-0.25, -0.2) is 0 Å². The minimum atomic E-state index is -4.63. The average molecular weight is 258 g/mol. The van der Waals surface area contributed by atoms with E-state index in [9.17, 15) is 18.0 Å². The van der Waals surface area contributed by atoms with E-state index in [2.05, 4.69) is 15.4 Å². The molecule has 0 rings (SSSR count). The fraction of sp³-hybridized carbons (Fsp3) is 0.889. The molecule has 0 fully saturated rings. The summed E-state index contributed by atoms with van der Waals surface area (Å²) < 4.78 is 43.1. The molecule has 0 aromatic heterocycles. The van der Waals surface area contributed by atoms with Gasteiger partial charge in [-0.05, 0) is 6.92 Å². The molecule has 0 spiro atoms. The zero-order valence-electron chi connectivity index (χ0n) is 9.76. The molecule has 0 saturated heterocycles. The Labute approximate surface area is 97.6 Å². The van der Waals surface area contributed by atoms with Crippen LogP contribution in [0, 0.1) is 0 Å². The smallest absolute Gasteiger partial charge is 0.383 e. The lowest BCUT2D eigenvalue weighted by Crippen LogP contribution is -2.44. The van der Waals surface area contributed by atoms with Crippen LogP contribution in [-0.2, 0) is 14.3 Å². The first-order valence-corrected chi connectivity index (χ1v) is 5.07. The van der Waals surface area contributed by atoms with E-state index in [1.54, 1.807) is 6.92 Å². The molecule has 0 radical (unpaired) electrons. The fourth-order valence-electron chi connectivity index (χ4n) is 0.964.